The summed E-state index contributed by atoms with van der Waals surface area (Å²) in [5, 5.41) is 0. The van der Waals surface area contributed by atoms with Crippen LogP contribution in [0.25, 0.3) is 0 Å². The van der Waals surface area contributed by atoms with Crippen molar-refractivity contribution in [3.8, 4) is 0 Å². The van der Waals surface area contributed by atoms with Crippen molar-refractivity contribution in [2.24, 2.45) is 0 Å². The van der Waals surface area contributed by atoms with E-state index in [9.17, 15) is 4.79 Å². The minimum Gasteiger partial charge on any atom is -0.372 e. The van der Waals surface area contributed by atoms with Crippen molar-refractivity contribution in [3.63, 3.8) is 0 Å². The molecule has 3 heteroatoms. The summed E-state index contributed by atoms with van der Waals surface area (Å²) in [4.78, 5) is 11.0. The Morgan fingerprint density at radius 2 is 2.24 bits per heavy atom. The number of hydrogen-bond acceptors (Lipinski definition) is 3. The largest absolute Gasteiger partial charge is 0.372 e. The van der Waals surface area contributed by atoms with Crippen molar-refractivity contribution in [1.29, 1.82) is 0 Å². The maximum Gasteiger partial charge on any atom is 0.157 e. The van der Waals surface area contributed by atoms with E-state index in [1.165, 1.54) is 6.08 Å². The molecule has 1 heterocycles. The molecule has 0 spiro atoms. The van der Waals surface area contributed by atoms with E-state index in [0.29, 0.717) is 19.6 Å². The molecule has 2 unspecified atom stereocenters. The Morgan fingerprint density at radius 1 is 1.47 bits per heavy atom. The lowest BCUT2D eigenvalue weighted by molar-refractivity contribution is -0.191. The summed E-state index contributed by atoms with van der Waals surface area (Å²) in [6.45, 7) is 4.46. The molecule has 1 aromatic carbocycles. The van der Waals surface area contributed by atoms with Gasteiger partial charge in [0.05, 0.1) is 13.2 Å². The molecule has 0 amide bonds. The summed E-state index contributed by atoms with van der Waals surface area (Å²) >= 11 is 0. The zero-order valence-electron chi connectivity index (χ0n) is 9.67. The minimum absolute atomic E-state index is 0.00929. The second-order valence-electron chi connectivity index (χ2n) is 3.99. The first-order valence-electron chi connectivity index (χ1n) is 5.74. The Labute approximate surface area is 101 Å². The third kappa shape index (κ3) is 3.02. The van der Waals surface area contributed by atoms with Gasteiger partial charge in [0.25, 0.3) is 0 Å². The monoisotopic (exact) mass is 232 g/mol. The highest BCUT2D eigenvalue weighted by Crippen LogP contribution is 2.31. The Kier molecular flexibility index (Phi) is 4.07. The molecule has 17 heavy (non-hydrogen) atoms. The average molecular weight is 232 g/mol. The SMILES string of the molecule is C=CC(=O)CCOC1COC1c1ccccc1. The summed E-state index contributed by atoms with van der Waals surface area (Å²) in [7, 11) is 0. The van der Waals surface area contributed by atoms with E-state index in [4.69, 9.17) is 9.47 Å². The lowest BCUT2D eigenvalue weighted by Gasteiger charge is -2.36. The molecule has 0 aliphatic carbocycles. The Hall–Kier alpha value is -1.45. The number of hydrogen-bond donors (Lipinski definition) is 0. The predicted molar refractivity (Wildman–Crippen MR) is 64.7 cm³/mol. The molecule has 0 radical (unpaired) electrons. The van der Waals surface area contributed by atoms with E-state index in [2.05, 4.69) is 6.58 Å². The quantitative estimate of drug-likeness (QED) is 0.706. The van der Waals surface area contributed by atoms with Crippen LogP contribution in [0.15, 0.2) is 43.0 Å². The number of allylic oxidation sites excluding steroid dienone is 1. The number of carbonyl (C=O) groups is 1. The van der Waals surface area contributed by atoms with Crippen molar-refractivity contribution in [2.75, 3.05) is 13.2 Å². The lowest BCUT2D eigenvalue weighted by atomic mass is 10.0. The van der Waals surface area contributed by atoms with E-state index in [-0.39, 0.29) is 18.0 Å². The molecule has 1 saturated heterocycles. The third-order valence-electron chi connectivity index (χ3n) is 2.81. The maximum atomic E-state index is 11.0. The van der Waals surface area contributed by atoms with Crippen LogP contribution >= 0.6 is 0 Å². The number of ether oxygens (including phenoxy) is 2. The average Bonchev–Trinajstić information content (AvgIpc) is 2.34. The fourth-order valence-electron chi connectivity index (χ4n) is 1.77. The normalized spacial score (nSPS) is 22.8. The summed E-state index contributed by atoms with van der Waals surface area (Å²) in [5.74, 6) is 0.0153. The van der Waals surface area contributed by atoms with E-state index < -0.39 is 0 Å². The van der Waals surface area contributed by atoms with Gasteiger partial charge in [0.15, 0.2) is 5.78 Å². The first-order chi connectivity index (χ1) is 8.31. The van der Waals surface area contributed by atoms with Crippen LogP contribution in [0.1, 0.15) is 18.1 Å². The second kappa shape index (κ2) is 5.75. The Balaban J connectivity index is 1.79. The highest BCUT2D eigenvalue weighted by atomic mass is 16.6. The second-order valence-corrected chi connectivity index (χ2v) is 3.99. The van der Waals surface area contributed by atoms with Crippen LogP contribution in [0.3, 0.4) is 0 Å². The molecular formula is C14H16O3. The molecule has 1 aliphatic heterocycles. The van der Waals surface area contributed by atoms with E-state index in [1.807, 2.05) is 30.3 Å². The summed E-state index contributed by atoms with van der Waals surface area (Å²) in [5.41, 5.74) is 1.12. The Morgan fingerprint density at radius 3 is 2.82 bits per heavy atom. The molecule has 1 aromatic rings. The summed E-state index contributed by atoms with van der Waals surface area (Å²) in [6.07, 6.45) is 1.79. The molecule has 0 saturated carbocycles. The number of rotatable bonds is 6. The van der Waals surface area contributed by atoms with Gasteiger partial charge in [-0.1, -0.05) is 36.9 Å². The third-order valence-corrected chi connectivity index (χ3v) is 2.81. The molecule has 2 atom stereocenters. The molecule has 90 valence electrons. The molecule has 0 bridgehead atoms. The van der Waals surface area contributed by atoms with Crippen LogP contribution in [-0.4, -0.2) is 25.1 Å². The fourth-order valence-corrected chi connectivity index (χ4v) is 1.77. The van der Waals surface area contributed by atoms with Crippen molar-refractivity contribution in [2.45, 2.75) is 18.6 Å². The first-order valence-corrected chi connectivity index (χ1v) is 5.74. The van der Waals surface area contributed by atoms with Gasteiger partial charge < -0.3 is 9.47 Å². The van der Waals surface area contributed by atoms with Crippen LogP contribution in [0.4, 0.5) is 0 Å². The van der Waals surface area contributed by atoms with Gasteiger partial charge in [-0.3, -0.25) is 4.79 Å². The minimum atomic E-state index is 0.00929. The molecule has 3 nitrogen and oxygen atoms in total. The van der Waals surface area contributed by atoms with Gasteiger partial charge >= 0.3 is 0 Å². The van der Waals surface area contributed by atoms with Gasteiger partial charge in [-0.15, -0.1) is 0 Å². The van der Waals surface area contributed by atoms with E-state index in [0.717, 1.165) is 5.56 Å². The molecule has 0 aromatic heterocycles. The smallest absolute Gasteiger partial charge is 0.157 e. The fraction of sp³-hybridized carbons (Fsp3) is 0.357. The van der Waals surface area contributed by atoms with Crippen molar-refractivity contribution >= 4 is 5.78 Å². The predicted octanol–water partition coefficient (Wildman–Crippen LogP) is 2.29. The van der Waals surface area contributed by atoms with Crippen LogP contribution in [0.2, 0.25) is 0 Å². The van der Waals surface area contributed by atoms with E-state index >= 15 is 0 Å². The van der Waals surface area contributed by atoms with Crippen LogP contribution in [-0.2, 0) is 14.3 Å². The van der Waals surface area contributed by atoms with Crippen molar-refractivity contribution < 1.29 is 14.3 Å². The standard InChI is InChI=1S/C14H16O3/c1-2-12(15)8-9-16-13-10-17-14(13)11-6-4-3-5-7-11/h2-7,13-14H,1,8-10H2. The van der Waals surface area contributed by atoms with Crippen LogP contribution < -0.4 is 0 Å². The topological polar surface area (TPSA) is 35.5 Å². The van der Waals surface area contributed by atoms with Gasteiger partial charge in [0.2, 0.25) is 0 Å². The van der Waals surface area contributed by atoms with Gasteiger partial charge in [-0.05, 0) is 11.6 Å². The highest BCUT2D eigenvalue weighted by Gasteiger charge is 2.34. The number of carbonyl (C=O) groups excluding carboxylic acids is 1. The summed E-state index contributed by atoms with van der Waals surface area (Å²) < 4.78 is 11.1. The van der Waals surface area contributed by atoms with Crippen LogP contribution in [0, 0.1) is 0 Å². The number of benzene rings is 1. The molecule has 1 fully saturated rings. The highest BCUT2D eigenvalue weighted by molar-refractivity contribution is 5.89. The van der Waals surface area contributed by atoms with Gasteiger partial charge in [0.1, 0.15) is 12.2 Å². The first kappa shape index (κ1) is 12.0. The zero-order chi connectivity index (χ0) is 12.1. The summed E-state index contributed by atoms with van der Waals surface area (Å²) in [6, 6.07) is 9.98. The molecule has 1 aliphatic rings. The van der Waals surface area contributed by atoms with E-state index in [1.54, 1.807) is 0 Å². The lowest BCUT2D eigenvalue weighted by Crippen LogP contribution is -2.40. The van der Waals surface area contributed by atoms with Gasteiger partial charge in [-0.2, -0.15) is 0 Å². The van der Waals surface area contributed by atoms with Crippen molar-refractivity contribution in [1.82, 2.24) is 0 Å². The Bertz CT molecular complexity index is 386. The molecule has 0 N–H and O–H groups in total. The molecular weight excluding hydrogens is 216 g/mol. The zero-order valence-corrected chi connectivity index (χ0v) is 9.67. The van der Waals surface area contributed by atoms with Gasteiger partial charge in [-0.25, -0.2) is 0 Å². The maximum absolute atomic E-state index is 11.0. The number of ketones is 1. The van der Waals surface area contributed by atoms with Gasteiger partial charge in [0, 0.05) is 6.42 Å². The van der Waals surface area contributed by atoms with Crippen LogP contribution in [0.5, 0.6) is 0 Å². The molecule has 2 rings (SSSR count). The van der Waals surface area contributed by atoms with Crippen molar-refractivity contribution in [3.05, 3.63) is 48.6 Å².